The molecule has 0 unspecified atom stereocenters. The van der Waals surface area contributed by atoms with Gasteiger partial charge in [0.2, 0.25) is 5.91 Å². The molecule has 1 aromatic heterocycles. The van der Waals surface area contributed by atoms with E-state index in [9.17, 15) is 18.3 Å². The number of anilines is 1. The van der Waals surface area contributed by atoms with Crippen LogP contribution in [0.25, 0.3) is 0 Å². The highest BCUT2D eigenvalue weighted by Crippen LogP contribution is 2.30. The van der Waals surface area contributed by atoms with Gasteiger partial charge < -0.3 is 24.2 Å². The number of nitrogens with one attached hydrogen (secondary N) is 1. The number of aliphatic hydroxyl groups is 1. The van der Waals surface area contributed by atoms with Gasteiger partial charge >= 0.3 is 0 Å². The van der Waals surface area contributed by atoms with Crippen molar-refractivity contribution < 1.29 is 23.1 Å². The Kier molecular flexibility index (Phi) is 9.56. The fourth-order valence-electron chi connectivity index (χ4n) is 5.64. The van der Waals surface area contributed by atoms with Crippen LogP contribution in [0.15, 0.2) is 35.7 Å². The molecule has 216 valence electrons. The largest absolute Gasteiger partial charge is 0.488 e. The first-order valence-corrected chi connectivity index (χ1v) is 15.4. The van der Waals surface area contributed by atoms with Gasteiger partial charge in [-0.1, -0.05) is 26.2 Å². The standard InChI is InChI=1S/C28H43N5O5S/c1-20-14-33(21(2)18-34)28(35)13-23-12-24(30-39(36,37)27-17-32(4)19-29-27)10-11-25(23)38-26(20)16-31(3)15-22-8-6-5-7-9-22/h10-12,17,19-22,26,30,34H,5-9,13-16,18H2,1-4H3/t20-,21+,26+/m1/s1. The van der Waals surface area contributed by atoms with Gasteiger partial charge in [-0.3, -0.25) is 9.52 Å². The van der Waals surface area contributed by atoms with Gasteiger partial charge in [0.05, 0.1) is 25.4 Å². The molecule has 1 amide bonds. The van der Waals surface area contributed by atoms with E-state index in [2.05, 4.69) is 28.6 Å². The van der Waals surface area contributed by atoms with Crippen LogP contribution in [-0.4, -0.2) is 84.2 Å². The highest BCUT2D eigenvalue weighted by Gasteiger charge is 2.32. The summed E-state index contributed by atoms with van der Waals surface area (Å²) in [5.41, 5.74) is 0.932. The van der Waals surface area contributed by atoms with Gasteiger partial charge in [0.25, 0.3) is 10.0 Å². The number of nitrogens with zero attached hydrogens (tertiary/aromatic N) is 4. The van der Waals surface area contributed by atoms with Gasteiger partial charge in [-0.25, -0.2) is 4.98 Å². The van der Waals surface area contributed by atoms with E-state index in [1.165, 1.54) is 44.6 Å². The molecule has 4 rings (SSSR count). The summed E-state index contributed by atoms with van der Waals surface area (Å²) < 4.78 is 36.5. The summed E-state index contributed by atoms with van der Waals surface area (Å²) >= 11 is 0. The third kappa shape index (κ3) is 7.52. The molecule has 1 aromatic carbocycles. The van der Waals surface area contributed by atoms with Crippen molar-refractivity contribution in [2.24, 2.45) is 18.9 Å². The van der Waals surface area contributed by atoms with Gasteiger partial charge in [-0.15, -0.1) is 0 Å². The number of carbonyl (C=O) groups is 1. The number of imidazole rings is 1. The quantitative estimate of drug-likeness (QED) is 0.484. The molecule has 0 radical (unpaired) electrons. The molecule has 2 heterocycles. The van der Waals surface area contributed by atoms with E-state index in [4.69, 9.17) is 4.74 Å². The van der Waals surface area contributed by atoms with Crippen molar-refractivity contribution in [3.8, 4) is 5.75 Å². The molecule has 11 heteroatoms. The number of aromatic nitrogens is 2. The first-order chi connectivity index (χ1) is 18.6. The lowest BCUT2D eigenvalue weighted by Gasteiger charge is -2.35. The number of carbonyl (C=O) groups excluding carboxylic acids is 1. The average molecular weight is 562 g/mol. The molecule has 0 saturated heterocycles. The molecule has 2 aliphatic rings. The minimum atomic E-state index is -3.89. The number of likely N-dealkylation sites (N-methyl/N-ethyl adjacent to an activating group) is 1. The monoisotopic (exact) mass is 561 g/mol. The highest BCUT2D eigenvalue weighted by atomic mass is 32.2. The van der Waals surface area contributed by atoms with Gasteiger partial charge in [0.15, 0.2) is 5.03 Å². The summed E-state index contributed by atoms with van der Waals surface area (Å²) in [6.07, 6.45) is 9.15. The Morgan fingerprint density at radius 1 is 1.23 bits per heavy atom. The van der Waals surface area contributed by atoms with Crippen molar-refractivity contribution in [2.45, 2.75) is 69.5 Å². The third-order valence-electron chi connectivity index (χ3n) is 7.91. The summed E-state index contributed by atoms with van der Waals surface area (Å²) in [4.78, 5) is 21.4. The second-order valence-corrected chi connectivity index (χ2v) is 13.0. The molecule has 10 nitrogen and oxygen atoms in total. The van der Waals surface area contributed by atoms with Gasteiger partial charge in [0, 0.05) is 50.0 Å². The Labute approximate surface area is 232 Å². The highest BCUT2D eigenvalue weighted by molar-refractivity contribution is 7.92. The van der Waals surface area contributed by atoms with Crippen LogP contribution in [0.1, 0.15) is 51.5 Å². The first kappa shape index (κ1) is 29.4. The predicted molar refractivity (Wildman–Crippen MR) is 150 cm³/mol. The summed E-state index contributed by atoms with van der Waals surface area (Å²) in [7, 11) is -0.0589. The SMILES string of the molecule is C[C@@H]1CN([C@@H](C)CO)C(=O)Cc2cc(NS(=O)(=O)c3cn(C)cn3)ccc2O[C@H]1CN(C)CC1CCCCC1. The van der Waals surface area contributed by atoms with Crippen LogP contribution in [0.3, 0.4) is 0 Å². The molecule has 2 N–H and O–H groups in total. The lowest BCUT2D eigenvalue weighted by atomic mass is 9.89. The minimum Gasteiger partial charge on any atom is -0.488 e. The van der Waals surface area contributed by atoms with Crippen LogP contribution in [0, 0.1) is 11.8 Å². The van der Waals surface area contributed by atoms with E-state index in [0.29, 0.717) is 36.0 Å². The second kappa shape index (κ2) is 12.7. The molecule has 1 aliphatic heterocycles. The van der Waals surface area contributed by atoms with Crippen LogP contribution in [0.5, 0.6) is 5.75 Å². The average Bonchev–Trinajstić information content (AvgIpc) is 3.36. The molecule has 1 fully saturated rings. The zero-order chi connectivity index (χ0) is 28.2. The van der Waals surface area contributed by atoms with Crippen molar-refractivity contribution in [1.82, 2.24) is 19.4 Å². The molecule has 0 bridgehead atoms. The summed E-state index contributed by atoms with van der Waals surface area (Å²) in [5, 5.41) is 9.79. The van der Waals surface area contributed by atoms with E-state index in [0.717, 1.165) is 6.54 Å². The molecule has 39 heavy (non-hydrogen) atoms. The van der Waals surface area contributed by atoms with Crippen molar-refractivity contribution in [1.29, 1.82) is 0 Å². The summed E-state index contributed by atoms with van der Waals surface area (Å²) in [6, 6.07) is 4.72. The van der Waals surface area contributed by atoms with E-state index in [1.54, 1.807) is 34.7 Å². The maximum absolute atomic E-state index is 13.4. The fraction of sp³-hybridized carbons (Fsp3) is 0.643. The van der Waals surface area contributed by atoms with E-state index in [1.807, 2.05) is 6.92 Å². The van der Waals surface area contributed by atoms with E-state index in [-0.39, 0.29) is 42.0 Å². The Morgan fingerprint density at radius 2 is 1.97 bits per heavy atom. The van der Waals surface area contributed by atoms with Crippen molar-refractivity contribution in [3.63, 3.8) is 0 Å². The number of amides is 1. The summed E-state index contributed by atoms with van der Waals surface area (Å²) in [6.45, 7) is 5.98. The summed E-state index contributed by atoms with van der Waals surface area (Å²) in [5.74, 6) is 1.16. The van der Waals surface area contributed by atoms with Crippen molar-refractivity contribution in [2.75, 3.05) is 38.0 Å². The maximum Gasteiger partial charge on any atom is 0.280 e. The maximum atomic E-state index is 13.4. The number of aryl methyl sites for hydroxylation is 1. The Bertz CT molecular complexity index is 1230. The molecule has 0 spiro atoms. The fourth-order valence-corrected chi connectivity index (χ4v) is 6.67. The molecular weight excluding hydrogens is 518 g/mol. The Balaban J connectivity index is 1.60. The number of hydrogen-bond donors (Lipinski definition) is 2. The Morgan fingerprint density at radius 3 is 2.64 bits per heavy atom. The molecule has 1 saturated carbocycles. The second-order valence-electron chi connectivity index (χ2n) is 11.4. The number of fused-ring (bicyclic) bond motifs is 1. The van der Waals surface area contributed by atoms with Crippen molar-refractivity contribution in [3.05, 3.63) is 36.3 Å². The molecule has 1 aliphatic carbocycles. The zero-order valence-electron chi connectivity index (χ0n) is 23.5. The van der Waals surface area contributed by atoms with Crippen LogP contribution in [0.2, 0.25) is 0 Å². The number of sulfonamides is 1. The van der Waals surface area contributed by atoms with Gasteiger partial charge in [0.1, 0.15) is 11.9 Å². The van der Waals surface area contributed by atoms with E-state index < -0.39 is 10.0 Å². The molecule has 3 atom stereocenters. The Hall–Kier alpha value is -2.63. The van der Waals surface area contributed by atoms with Crippen LogP contribution < -0.4 is 9.46 Å². The van der Waals surface area contributed by atoms with Gasteiger partial charge in [-0.05, 0) is 50.9 Å². The normalized spacial score (nSPS) is 22.0. The first-order valence-electron chi connectivity index (χ1n) is 13.9. The topological polar surface area (TPSA) is 117 Å². The van der Waals surface area contributed by atoms with Crippen LogP contribution in [-0.2, 0) is 28.3 Å². The van der Waals surface area contributed by atoms with Crippen molar-refractivity contribution >= 4 is 21.6 Å². The van der Waals surface area contributed by atoms with Crippen LogP contribution in [0.4, 0.5) is 5.69 Å². The molecule has 2 aromatic rings. The molecular formula is C28H43N5O5S. The lowest BCUT2D eigenvalue weighted by Crippen LogP contribution is -2.48. The third-order valence-corrected chi connectivity index (χ3v) is 9.18. The predicted octanol–water partition coefficient (Wildman–Crippen LogP) is 2.88. The van der Waals surface area contributed by atoms with Crippen LogP contribution >= 0.6 is 0 Å². The smallest absolute Gasteiger partial charge is 0.280 e. The number of ether oxygens (including phenoxy) is 1. The number of hydrogen-bond acceptors (Lipinski definition) is 7. The number of rotatable bonds is 9. The van der Waals surface area contributed by atoms with Gasteiger partial charge in [-0.2, -0.15) is 8.42 Å². The number of aliphatic hydroxyl groups excluding tert-OH is 1. The number of benzene rings is 1. The van der Waals surface area contributed by atoms with E-state index >= 15 is 0 Å². The lowest BCUT2D eigenvalue weighted by molar-refractivity contribution is -0.134. The zero-order valence-corrected chi connectivity index (χ0v) is 24.4. The minimum absolute atomic E-state index is 0.0186.